The molecule has 0 atom stereocenters. The van der Waals surface area contributed by atoms with E-state index in [1.165, 1.54) is 6.26 Å². The molecule has 0 amide bonds. The van der Waals surface area contributed by atoms with Crippen molar-refractivity contribution in [2.24, 2.45) is 0 Å². The molecule has 1 aromatic heterocycles. The van der Waals surface area contributed by atoms with Gasteiger partial charge in [0.25, 0.3) is 0 Å². The van der Waals surface area contributed by atoms with Crippen LogP contribution in [0.3, 0.4) is 0 Å². The van der Waals surface area contributed by atoms with Crippen LogP contribution >= 0.6 is 0 Å². The highest BCUT2D eigenvalue weighted by Crippen LogP contribution is 2.19. The van der Waals surface area contributed by atoms with E-state index in [0.717, 1.165) is 0 Å². The molecule has 0 aliphatic carbocycles. The Kier molecular flexibility index (Phi) is 4.54. The summed E-state index contributed by atoms with van der Waals surface area (Å²) in [7, 11) is -1.32. The van der Waals surface area contributed by atoms with Crippen molar-refractivity contribution in [2.75, 3.05) is 31.0 Å². The molecule has 1 N–H and O–H groups in total. The van der Waals surface area contributed by atoms with Crippen LogP contribution in [0.5, 0.6) is 5.75 Å². The number of pyridine rings is 1. The normalized spacial score (nSPS) is 11.1. The molecule has 0 unspecified atom stereocenters. The van der Waals surface area contributed by atoms with Crippen LogP contribution in [0, 0.1) is 0 Å². The van der Waals surface area contributed by atoms with Crippen LogP contribution in [-0.2, 0) is 9.84 Å². The van der Waals surface area contributed by atoms with Crippen molar-refractivity contribution in [1.29, 1.82) is 0 Å². The van der Waals surface area contributed by atoms with Crippen LogP contribution in [-0.4, -0.2) is 39.1 Å². The van der Waals surface area contributed by atoms with Crippen molar-refractivity contribution < 1.29 is 13.2 Å². The zero-order valence-electron chi connectivity index (χ0n) is 9.43. The summed E-state index contributed by atoms with van der Waals surface area (Å²) >= 11 is 0. The van der Waals surface area contributed by atoms with E-state index in [4.69, 9.17) is 4.74 Å². The first kappa shape index (κ1) is 12.8. The molecule has 0 radical (unpaired) electrons. The van der Waals surface area contributed by atoms with Crippen molar-refractivity contribution in [1.82, 2.24) is 4.98 Å². The minimum absolute atomic E-state index is 0.176. The van der Waals surface area contributed by atoms with E-state index in [0.29, 0.717) is 24.5 Å². The molecule has 1 rings (SSSR count). The second-order valence-electron chi connectivity index (χ2n) is 3.46. The summed E-state index contributed by atoms with van der Waals surface area (Å²) in [5.74, 6) is 1.47. The van der Waals surface area contributed by atoms with Crippen molar-refractivity contribution in [3.63, 3.8) is 0 Å². The molecule has 0 saturated carbocycles. The Morgan fingerprint density at radius 1 is 1.50 bits per heavy atom. The highest BCUT2D eigenvalue weighted by Gasteiger charge is 2.04. The molecule has 6 heteroatoms. The molecule has 0 spiro atoms. The van der Waals surface area contributed by atoms with Gasteiger partial charge in [-0.15, -0.1) is 0 Å². The quantitative estimate of drug-likeness (QED) is 0.754. The lowest BCUT2D eigenvalue weighted by Gasteiger charge is -2.08. The van der Waals surface area contributed by atoms with Gasteiger partial charge in [-0.25, -0.2) is 13.4 Å². The van der Waals surface area contributed by atoms with E-state index in [1.807, 2.05) is 0 Å². The summed E-state index contributed by atoms with van der Waals surface area (Å²) in [6, 6.07) is 3.58. The number of ether oxygens (including phenoxy) is 1. The summed E-state index contributed by atoms with van der Waals surface area (Å²) < 4.78 is 26.9. The van der Waals surface area contributed by atoms with Gasteiger partial charge in [0.1, 0.15) is 9.84 Å². The Balaban J connectivity index is 2.43. The molecular formula is C10H16N2O3S. The monoisotopic (exact) mass is 244 g/mol. The van der Waals surface area contributed by atoms with Crippen molar-refractivity contribution in [3.05, 3.63) is 18.3 Å². The minimum Gasteiger partial charge on any atom is -0.493 e. The number of rotatable bonds is 6. The third-order valence-corrected chi connectivity index (χ3v) is 3.01. The van der Waals surface area contributed by atoms with Gasteiger partial charge in [0, 0.05) is 19.0 Å². The molecule has 16 heavy (non-hydrogen) atoms. The maximum absolute atomic E-state index is 10.9. The third-order valence-electron chi connectivity index (χ3n) is 1.97. The van der Waals surface area contributed by atoms with Crippen LogP contribution in [0.25, 0.3) is 0 Å². The molecular weight excluding hydrogens is 228 g/mol. The summed E-state index contributed by atoms with van der Waals surface area (Å²) in [4.78, 5) is 4.10. The van der Waals surface area contributed by atoms with Crippen LogP contribution in [0.1, 0.15) is 6.42 Å². The second-order valence-corrected chi connectivity index (χ2v) is 5.72. The number of nitrogens with one attached hydrogen (secondary N) is 1. The van der Waals surface area contributed by atoms with Gasteiger partial charge in [0.15, 0.2) is 11.6 Å². The molecule has 1 aromatic rings. The van der Waals surface area contributed by atoms with E-state index in [-0.39, 0.29) is 5.75 Å². The summed E-state index contributed by atoms with van der Waals surface area (Å²) in [6.07, 6.45) is 3.44. The molecule has 0 saturated heterocycles. The highest BCUT2D eigenvalue weighted by atomic mass is 32.2. The number of aromatic nitrogens is 1. The van der Waals surface area contributed by atoms with Crippen molar-refractivity contribution in [3.8, 4) is 5.75 Å². The molecule has 0 fully saturated rings. The molecule has 0 aromatic carbocycles. The summed E-state index contributed by atoms with van der Waals surface area (Å²) in [6.45, 7) is 0.556. The zero-order chi connectivity index (χ0) is 12.0. The highest BCUT2D eigenvalue weighted by molar-refractivity contribution is 7.90. The van der Waals surface area contributed by atoms with Gasteiger partial charge in [-0.2, -0.15) is 0 Å². The smallest absolute Gasteiger partial charge is 0.168 e. The predicted octanol–water partition coefficient (Wildman–Crippen LogP) is 0.937. The van der Waals surface area contributed by atoms with Gasteiger partial charge in [-0.3, -0.25) is 0 Å². The van der Waals surface area contributed by atoms with E-state index in [1.54, 1.807) is 25.4 Å². The fraction of sp³-hybridized carbons (Fsp3) is 0.500. The third kappa shape index (κ3) is 4.48. The van der Waals surface area contributed by atoms with Crippen LogP contribution in [0.4, 0.5) is 5.82 Å². The predicted molar refractivity (Wildman–Crippen MR) is 63.6 cm³/mol. The van der Waals surface area contributed by atoms with Gasteiger partial charge in [0.05, 0.1) is 12.9 Å². The van der Waals surface area contributed by atoms with Crippen LogP contribution in [0.15, 0.2) is 18.3 Å². The average molecular weight is 244 g/mol. The van der Waals surface area contributed by atoms with Gasteiger partial charge in [-0.05, 0) is 18.6 Å². The number of anilines is 1. The largest absolute Gasteiger partial charge is 0.493 e. The molecule has 0 aliphatic heterocycles. The Hall–Kier alpha value is -1.30. The maximum Gasteiger partial charge on any atom is 0.168 e. The lowest BCUT2D eigenvalue weighted by atomic mass is 10.4. The van der Waals surface area contributed by atoms with Crippen LogP contribution < -0.4 is 10.1 Å². The van der Waals surface area contributed by atoms with Crippen molar-refractivity contribution >= 4 is 15.7 Å². The van der Waals surface area contributed by atoms with Crippen molar-refractivity contribution in [2.45, 2.75) is 6.42 Å². The molecule has 90 valence electrons. The minimum atomic E-state index is -2.89. The Bertz CT molecular complexity index is 431. The number of nitrogens with zero attached hydrogens (tertiary/aromatic N) is 1. The number of hydrogen-bond donors (Lipinski definition) is 1. The van der Waals surface area contributed by atoms with Crippen LogP contribution in [0.2, 0.25) is 0 Å². The Labute approximate surface area is 95.8 Å². The molecule has 0 aliphatic rings. The fourth-order valence-electron chi connectivity index (χ4n) is 1.23. The number of methoxy groups -OCH3 is 1. The van der Waals surface area contributed by atoms with E-state index < -0.39 is 9.84 Å². The Morgan fingerprint density at radius 3 is 2.88 bits per heavy atom. The molecule has 5 nitrogen and oxygen atoms in total. The summed E-state index contributed by atoms with van der Waals surface area (Å²) in [5, 5.41) is 3.04. The maximum atomic E-state index is 10.9. The number of hydrogen-bond acceptors (Lipinski definition) is 5. The first-order valence-corrected chi connectivity index (χ1v) is 6.99. The first-order valence-electron chi connectivity index (χ1n) is 4.93. The van der Waals surface area contributed by atoms with Gasteiger partial charge >= 0.3 is 0 Å². The first-order chi connectivity index (χ1) is 7.53. The van der Waals surface area contributed by atoms with E-state index in [2.05, 4.69) is 10.3 Å². The Morgan fingerprint density at radius 2 is 2.25 bits per heavy atom. The second kappa shape index (κ2) is 5.69. The summed E-state index contributed by atoms with van der Waals surface area (Å²) in [5.41, 5.74) is 0. The lowest BCUT2D eigenvalue weighted by Crippen LogP contribution is -2.10. The van der Waals surface area contributed by atoms with E-state index in [9.17, 15) is 8.42 Å². The van der Waals surface area contributed by atoms with Gasteiger partial charge in [0.2, 0.25) is 0 Å². The SMILES string of the molecule is COc1cccnc1NCCCS(C)(=O)=O. The molecule has 0 bridgehead atoms. The zero-order valence-corrected chi connectivity index (χ0v) is 10.3. The van der Waals surface area contributed by atoms with Gasteiger partial charge < -0.3 is 10.1 Å². The fourth-order valence-corrected chi connectivity index (χ4v) is 1.90. The topological polar surface area (TPSA) is 68.3 Å². The van der Waals surface area contributed by atoms with Gasteiger partial charge in [-0.1, -0.05) is 0 Å². The standard InChI is InChI=1S/C10H16N2O3S/c1-15-9-5-3-6-11-10(9)12-7-4-8-16(2,13)14/h3,5-6H,4,7-8H2,1-2H3,(H,11,12). The lowest BCUT2D eigenvalue weighted by molar-refractivity contribution is 0.415. The molecule has 1 heterocycles. The number of sulfone groups is 1. The average Bonchev–Trinajstić information content (AvgIpc) is 2.23. The van der Waals surface area contributed by atoms with E-state index >= 15 is 0 Å².